The predicted octanol–water partition coefficient (Wildman–Crippen LogP) is -0.0323. The van der Waals surface area contributed by atoms with Crippen molar-refractivity contribution in [2.75, 3.05) is 19.6 Å². The normalized spacial score (nSPS) is 24.9. The van der Waals surface area contributed by atoms with Crippen LogP contribution in [0.25, 0.3) is 0 Å². The minimum atomic E-state index is -0.244. The van der Waals surface area contributed by atoms with E-state index in [2.05, 4.69) is 5.32 Å². The van der Waals surface area contributed by atoms with Gasteiger partial charge in [0.2, 0.25) is 5.91 Å². The molecular formula is C10H20N2O2. The van der Waals surface area contributed by atoms with E-state index in [1.165, 1.54) is 0 Å². The van der Waals surface area contributed by atoms with Gasteiger partial charge in [-0.25, -0.2) is 0 Å². The average Bonchev–Trinajstić information content (AvgIpc) is 2.50. The highest BCUT2D eigenvalue weighted by atomic mass is 16.3. The highest BCUT2D eigenvalue weighted by Gasteiger charge is 2.22. The molecule has 82 valence electrons. The average molecular weight is 200 g/mol. The fourth-order valence-corrected chi connectivity index (χ4v) is 1.58. The van der Waals surface area contributed by atoms with Gasteiger partial charge in [-0.2, -0.15) is 0 Å². The summed E-state index contributed by atoms with van der Waals surface area (Å²) < 4.78 is 0. The third kappa shape index (κ3) is 3.64. The van der Waals surface area contributed by atoms with Crippen molar-refractivity contribution < 1.29 is 9.90 Å². The molecule has 1 saturated heterocycles. The van der Waals surface area contributed by atoms with Crippen molar-refractivity contribution in [2.24, 2.45) is 0 Å². The number of nitrogens with one attached hydrogen (secondary N) is 1. The number of aliphatic hydroxyl groups is 1. The second kappa shape index (κ2) is 5.32. The number of rotatable bonds is 4. The van der Waals surface area contributed by atoms with E-state index in [0.717, 1.165) is 19.4 Å². The highest BCUT2D eigenvalue weighted by Crippen LogP contribution is 2.07. The molecule has 1 heterocycles. The Bertz CT molecular complexity index is 197. The first kappa shape index (κ1) is 11.5. The van der Waals surface area contributed by atoms with Crippen LogP contribution in [-0.2, 0) is 4.79 Å². The molecule has 1 aliphatic heterocycles. The van der Waals surface area contributed by atoms with E-state index in [4.69, 9.17) is 0 Å². The molecule has 0 bridgehead atoms. The Balaban J connectivity index is 2.20. The van der Waals surface area contributed by atoms with Crippen LogP contribution in [0.4, 0.5) is 0 Å². The van der Waals surface area contributed by atoms with Crippen molar-refractivity contribution in [1.29, 1.82) is 0 Å². The van der Waals surface area contributed by atoms with Gasteiger partial charge in [0, 0.05) is 19.1 Å². The lowest BCUT2D eigenvalue weighted by molar-refractivity contribution is -0.122. The van der Waals surface area contributed by atoms with Gasteiger partial charge in [-0.15, -0.1) is 0 Å². The third-order valence-corrected chi connectivity index (χ3v) is 2.63. The number of carbonyl (C=O) groups is 1. The van der Waals surface area contributed by atoms with Crippen molar-refractivity contribution in [3.8, 4) is 0 Å². The van der Waals surface area contributed by atoms with E-state index in [0.29, 0.717) is 13.1 Å². The lowest BCUT2D eigenvalue weighted by Gasteiger charge is -2.16. The standard InChI is InChI=1S/C10H20N2O2/c1-3-8(2)11-10(14)7-12-5-4-9(13)6-12/h8-9,13H,3-7H2,1-2H3,(H,11,14)/t8?,9-/m1/s1. The molecular weight excluding hydrogens is 180 g/mol. The Morgan fingerprint density at radius 2 is 2.43 bits per heavy atom. The lowest BCUT2D eigenvalue weighted by Crippen LogP contribution is -2.40. The number of β-amino-alcohol motifs (C(OH)–C–C–N with tert-alkyl or cyclic N) is 1. The summed E-state index contributed by atoms with van der Waals surface area (Å²) in [5.74, 6) is 0.0634. The monoisotopic (exact) mass is 200 g/mol. The first-order chi connectivity index (χ1) is 6.61. The van der Waals surface area contributed by atoms with Gasteiger partial charge >= 0.3 is 0 Å². The fourth-order valence-electron chi connectivity index (χ4n) is 1.58. The van der Waals surface area contributed by atoms with Crippen LogP contribution < -0.4 is 5.32 Å². The maximum Gasteiger partial charge on any atom is 0.234 e. The minimum absolute atomic E-state index is 0.0634. The molecule has 2 atom stereocenters. The molecule has 1 amide bonds. The van der Waals surface area contributed by atoms with Gasteiger partial charge < -0.3 is 10.4 Å². The molecule has 4 heteroatoms. The Kier molecular flexibility index (Phi) is 4.35. The maximum atomic E-state index is 11.4. The third-order valence-electron chi connectivity index (χ3n) is 2.63. The quantitative estimate of drug-likeness (QED) is 0.670. The van der Waals surface area contributed by atoms with E-state index >= 15 is 0 Å². The molecule has 0 aromatic carbocycles. The molecule has 0 aromatic heterocycles. The number of aliphatic hydroxyl groups excluding tert-OH is 1. The second-order valence-corrected chi connectivity index (χ2v) is 4.05. The summed E-state index contributed by atoms with van der Waals surface area (Å²) in [6.07, 6.45) is 1.50. The van der Waals surface area contributed by atoms with Crippen molar-refractivity contribution in [3.63, 3.8) is 0 Å². The van der Waals surface area contributed by atoms with Gasteiger partial charge in [0.05, 0.1) is 12.6 Å². The van der Waals surface area contributed by atoms with Gasteiger partial charge in [0.25, 0.3) is 0 Å². The van der Waals surface area contributed by atoms with Gasteiger partial charge in [-0.05, 0) is 19.8 Å². The number of likely N-dealkylation sites (tertiary alicyclic amines) is 1. The van der Waals surface area contributed by atoms with Crippen molar-refractivity contribution in [1.82, 2.24) is 10.2 Å². The molecule has 1 rings (SSSR count). The molecule has 1 unspecified atom stereocenters. The molecule has 1 fully saturated rings. The van der Waals surface area contributed by atoms with Crippen molar-refractivity contribution in [3.05, 3.63) is 0 Å². The number of nitrogens with zero attached hydrogens (tertiary/aromatic N) is 1. The topological polar surface area (TPSA) is 52.6 Å². The van der Waals surface area contributed by atoms with E-state index in [1.807, 2.05) is 18.7 Å². The van der Waals surface area contributed by atoms with Crippen LogP contribution in [0.3, 0.4) is 0 Å². The van der Waals surface area contributed by atoms with Crippen molar-refractivity contribution >= 4 is 5.91 Å². The van der Waals surface area contributed by atoms with E-state index in [1.54, 1.807) is 0 Å². The van der Waals surface area contributed by atoms with Crippen LogP contribution in [0.1, 0.15) is 26.7 Å². The Hall–Kier alpha value is -0.610. The molecule has 4 nitrogen and oxygen atoms in total. The summed E-state index contributed by atoms with van der Waals surface area (Å²) in [5, 5.41) is 12.2. The molecule has 14 heavy (non-hydrogen) atoms. The lowest BCUT2D eigenvalue weighted by atomic mass is 10.2. The first-order valence-electron chi connectivity index (χ1n) is 5.31. The fraction of sp³-hybridized carbons (Fsp3) is 0.900. The number of amides is 1. The first-order valence-corrected chi connectivity index (χ1v) is 5.31. The summed E-state index contributed by atoms with van der Waals surface area (Å²) in [6.45, 7) is 5.92. The van der Waals surface area contributed by atoms with Crippen LogP contribution in [0.2, 0.25) is 0 Å². The van der Waals surface area contributed by atoms with E-state index in [9.17, 15) is 9.90 Å². The zero-order valence-corrected chi connectivity index (χ0v) is 8.99. The van der Waals surface area contributed by atoms with E-state index in [-0.39, 0.29) is 18.1 Å². The Morgan fingerprint density at radius 1 is 1.71 bits per heavy atom. The summed E-state index contributed by atoms with van der Waals surface area (Å²) in [4.78, 5) is 13.4. The highest BCUT2D eigenvalue weighted by molar-refractivity contribution is 5.78. The van der Waals surface area contributed by atoms with Gasteiger partial charge in [-0.1, -0.05) is 6.92 Å². The van der Waals surface area contributed by atoms with E-state index < -0.39 is 0 Å². The number of hydrogen-bond donors (Lipinski definition) is 2. The van der Waals surface area contributed by atoms with Gasteiger partial charge in [0.1, 0.15) is 0 Å². The summed E-state index contributed by atoms with van der Waals surface area (Å²) in [7, 11) is 0. The summed E-state index contributed by atoms with van der Waals surface area (Å²) >= 11 is 0. The molecule has 1 aliphatic rings. The summed E-state index contributed by atoms with van der Waals surface area (Å²) in [6, 6.07) is 0.245. The molecule has 0 aliphatic carbocycles. The molecule has 0 radical (unpaired) electrons. The van der Waals surface area contributed by atoms with Crippen LogP contribution >= 0.6 is 0 Å². The molecule has 0 aromatic rings. The Labute approximate surface area is 85.3 Å². The zero-order valence-electron chi connectivity index (χ0n) is 8.99. The Morgan fingerprint density at radius 3 is 2.93 bits per heavy atom. The summed E-state index contributed by atoms with van der Waals surface area (Å²) in [5.41, 5.74) is 0. The van der Waals surface area contributed by atoms with Crippen molar-refractivity contribution in [2.45, 2.75) is 38.8 Å². The number of hydrogen-bond acceptors (Lipinski definition) is 3. The second-order valence-electron chi connectivity index (χ2n) is 4.05. The van der Waals surface area contributed by atoms with Crippen LogP contribution in [0, 0.1) is 0 Å². The minimum Gasteiger partial charge on any atom is -0.392 e. The molecule has 2 N–H and O–H groups in total. The van der Waals surface area contributed by atoms with Gasteiger partial charge in [0.15, 0.2) is 0 Å². The smallest absolute Gasteiger partial charge is 0.234 e. The predicted molar refractivity (Wildman–Crippen MR) is 55.0 cm³/mol. The maximum absolute atomic E-state index is 11.4. The zero-order chi connectivity index (χ0) is 10.6. The van der Waals surface area contributed by atoms with Gasteiger partial charge in [-0.3, -0.25) is 9.69 Å². The number of carbonyl (C=O) groups excluding carboxylic acids is 1. The molecule has 0 saturated carbocycles. The largest absolute Gasteiger partial charge is 0.392 e. The van der Waals surface area contributed by atoms with Crippen LogP contribution in [-0.4, -0.2) is 47.7 Å². The molecule has 0 spiro atoms. The van der Waals surface area contributed by atoms with Crippen LogP contribution in [0.5, 0.6) is 0 Å². The van der Waals surface area contributed by atoms with Crippen LogP contribution in [0.15, 0.2) is 0 Å². The SMILES string of the molecule is CCC(C)NC(=O)CN1CC[C@@H](O)C1.